The third-order valence-corrected chi connectivity index (χ3v) is 6.78. The average molecular weight is 415 g/mol. The summed E-state index contributed by atoms with van der Waals surface area (Å²) in [5, 5.41) is 1.12. The van der Waals surface area contributed by atoms with Crippen LogP contribution in [0, 0.1) is 0 Å². The summed E-state index contributed by atoms with van der Waals surface area (Å²) in [6, 6.07) is 7.86. The molecule has 0 radical (unpaired) electrons. The van der Waals surface area contributed by atoms with Gasteiger partial charge in [0.25, 0.3) is 0 Å². The van der Waals surface area contributed by atoms with E-state index in [0.717, 1.165) is 86.9 Å². The van der Waals surface area contributed by atoms with Crippen molar-refractivity contribution in [1.29, 1.82) is 0 Å². The highest BCUT2D eigenvalue weighted by Crippen LogP contribution is 2.23. The number of carbonyl (C=O) groups is 1. The zero-order valence-corrected chi connectivity index (χ0v) is 17.7. The fourth-order valence-corrected chi connectivity index (χ4v) is 5.03. The molecule has 3 heterocycles. The molecule has 1 aromatic heterocycles. The number of rotatable bonds is 7. The third-order valence-electron chi connectivity index (χ3n) is 5.81. The molecule has 2 aliphatic rings. The maximum Gasteiger partial charge on any atom is 0.240 e. The number of thioether (sulfide) groups is 1. The molecule has 0 bridgehead atoms. The Hall–Kier alpha value is -1.90. The summed E-state index contributed by atoms with van der Waals surface area (Å²) in [5.74, 6) is 3.01. The van der Waals surface area contributed by atoms with Gasteiger partial charge in [0.15, 0.2) is 0 Å². The Morgan fingerprint density at radius 1 is 1.10 bits per heavy atom. The van der Waals surface area contributed by atoms with Crippen molar-refractivity contribution in [1.82, 2.24) is 19.8 Å². The Bertz CT molecular complexity index is 814. The maximum atomic E-state index is 12.3. The van der Waals surface area contributed by atoms with E-state index < -0.39 is 0 Å². The maximum absolute atomic E-state index is 12.3. The van der Waals surface area contributed by atoms with Crippen molar-refractivity contribution in [2.24, 2.45) is 5.73 Å². The molecule has 2 aromatic rings. The van der Waals surface area contributed by atoms with Gasteiger partial charge in [-0.25, -0.2) is 9.97 Å². The largest absolute Gasteiger partial charge is 0.353 e. The number of fused-ring (bicyclic) bond motifs is 1. The first-order valence-electron chi connectivity index (χ1n) is 10.5. The van der Waals surface area contributed by atoms with Gasteiger partial charge < -0.3 is 15.5 Å². The van der Waals surface area contributed by atoms with Gasteiger partial charge in [0.1, 0.15) is 12.1 Å². The summed E-state index contributed by atoms with van der Waals surface area (Å²) in [7, 11) is 0. The molecule has 0 aliphatic carbocycles. The van der Waals surface area contributed by atoms with Crippen molar-refractivity contribution >= 4 is 34.4 Å². The molecule has 156 valence electrons. The summed E-state index contributed by atoms with van der Waals surface area (Å²) < 4.78 is 0. The van der Waals surface area contributed by atoms with E-state index in [9.17, 15) is 4.79 Å². The van der Waals surface area contributed by atoms with E-state index in [-0.39, 0.29) is 11.9 Å². The molecule has 2 N–H and O–H groups in total. The van der Waals surface area contributed by atoms with Crippen LogP contribution in [0.2, 0.25) is 0 Å². The first-order chi connectivity index (χ1) is 14.2. The number of para-hydroxylation sites is 1. The highest BCUT2D eigenvalue weighted by molar-refractivity contribution is 7.99. The Labute approximate surface area is 176 Å². The topological polar surface area (TPSA) is 78.6 Å². The van der Waals surface area contributed by atoms with Crippen molar-refractivity contribution in [3.63, 3.8) is 0 Å². The number of hydrogen-bond acceptors (Lipinski definition) is 7. The van der Waals surface area contributed by atoms with E-state index in [0.29, 0.717) is 0 Å². The smallest absolute Gasteiger partial charge is 0.240 e. The molecule has 29 heavy (non-hydrogen) atoms. The molecule has 1 aromatic carbocycles. The van der Waals surface area contributed by atoms with Gasteiger partial charge >= 0.3 is 0 Å². The van der Waals surface area contributed by atoms with E-state index >= 15 is 0 Å². The van der Waals surface area contributed by atoms with E-state index in [4.69, 9.17) is 5.73 Å². The molecule has 7 nitrogen and oxygen atoms in total. The Morgan fingerprint density at radius 2 is 1.93 bits per heavy atom. The van der Waals surface area contributed by atoms with E-state index in [1.165, 1.54) is 0 Å². The predicted molar refractivity (Wildman–Crippen MR) is 119 cm³/mol. The van der Waals surface area contributed by atoms with Crippen molar-refractivity contribution in [2.45, 2.75) is 25.3 Å². The van der Waals surface area contributed by atoms with Gasteiger partial charge in [0.2, 0.25) is 5.91 Å². The van der Waals surface area contributed by atoms with Crippen LogP contribution in [0.25, 0.3) is 10.9 Å². The van der Waals surface area contributed by atoms with Crippen molar-refractivity contribution < 1.29 is 4.79 Å². The molecule has 0 spiro atoms. The molecular weight excluding hydrogens is 384 g/mol. The molecule has 2 fully saturated rings. The standard InChI is InChI=1S/C21H30N6OS/c22-18(21(28)27-13-14-29-16-27)6-3-4-8-25-9-11-26(12-10-25)20-17-5-1-2-7-19(17)23-15-24-20/h1-2,5,7,15,18H,3-4,6,8-14,16,22H2. The molecule has 2 saturated heterocycles. The lowest BCUT2D eigenvalue weighted by molar-refractivity contribution is -0.131. The predicted octanol–water partition coefficient (Wildman–Crippen LogP) is 1.78. The number of nitrogens with two attached hydrogens (primary N) is 1. The summed E-state index contributed by atoms with van der Waals surface area (Å²) in [4.78, 5) is 27.9. The zero-order chi connectivity index (χ0) is 20.1. The second-order valence-electron chi connectivity index (χ2n) is 7.78. The highest BCUT2D eigenvalue weighted by Gasteiger charge is 2.24. The SMILES string of the molecule is NC(CCCCN1CCN(c2ncnc3ccccc23)CC1)C(=O)N1CCSC1. The second kappa shape index (κ2) is 9.73. The zero-order valence-electron chi connectivity index (χ0n) is 16.9. The number of benzene rings is 1. The van der Waals surface area contributed by atoms with E-state index in [1.54, 1.807) is 18.1 Å². The van der Waals surface area contributed by atoms with Gasteiger partial charge in [-0.1, -0.05) is 18.6 Å². The fourth-order valence-electron chi connectivity index (χ4n) is 4.07. The number of carbonyl (C=O) groups excluding carboxylic acids is 1. The Kier molecular flexibility index (Phi) is 6.84. The average Bonchev–Trinajstić information content (AvgIpc) is 3.31. The van der Waals surface area contributed by atoms with Crippen LogP contribution in [0.1, 0.15) is 19.3 Å². The monoisotopic (exact) mass is 414 g/mol. The molecule has 4 rings (SSSR count). The summed E-state index contributed by atoms with van der Waals surface area (Å²) >= 11 is 1.81. The van der Waals surface area contributed by atoms with Crippen molar-refractivity contribution in [2.75, 3.05) is 55.8 Å². The molecule has 2 aliphatic heterocycles. The first kappa shape index (κ1) is 20.4. The molecular formula is C21H30N6OS. The van der Waals surface area contributed by atoms with Crippen LogP contribution in [0.5, 0.6) is 0 Å². The second-order valence-corrected chi connectivity index (χ2v) is 8.86. The molecule has 8 heteroatoms. The van der Waals surface area contributed by atoms with Crippen LogP contribution < -0.4 is 10.6 Å². The molecule has 1 atom stereocenters. The van der Waals surface area contributed by atoms with Crippen LogP contribution in [-0.4, -0.2) is 82.6 Å². The minimum atomic E-state index is -0.336. The highest BCUT2D eigenvalue weighted by atomic mass is 32.2. The van der Waals surface area contributed by atoms with Crippen LogP contribution in [0.4, 0.5) is 5.82 Å². The van der Waals surface area contributed by atoms with Crippen LogP contribution in [-0.2, 0) is 4.79 Å². The number of aromatic nitrogens is 2. The number of piperazine rings is 1. The Morgan fingerprint density at radius 3 is 2.72 bits per heavy atom. The van der Waals surface area contributed by atoms with Gasteiger partial charge in [-0.05, 0) is 31.5 Å². The van der Waals surface area contributed by atoms with Crippen LogP contribution in [0.3, 0.4) is 0 Å². The molecule has 0 saturated carbocycles. The number of hydrogen-bond donors (Lipinski definition) is 1. The van der Waals surface area contributed by atoms with Gasteiger partial charge in [-0.3, -0.25) is 9.69 Å². The normalized spacial score (nSPS) is 19.1. The lowest BCUT2D eigenvalue weighted by atomic mass is 10.1. The minimum Gasteiger partial charge on any atom is -0.353 e. The molecule has 1 amide bonds. The van der Waals surface area contributed by atoms with Gasteiger partial charge in [0, 0.05) is 43.9 Å². The molecule has 1 unspecified atom stereocenters. The number of amides is 1. The van der Waals surface area contributed by atoms with E-state index in [2.05, 4.69) is 25.8 Å². The van der Waals surface area contributed by atoms with Crippen molar-refractivity contribution in [3.05, 3.63) is 30.6 Å². The van der Waals surface area contributed by atoms with E-state index in [1.807, 2.05) is 23.1 Å². The summed E-state index contributed by atoms with van der Waals surface area (Å²) in [6.07, 6.45) is 4.54. The van der Waals surface area contributed by atoms with Crippen molar-refractivity contribution in [3.8, 4) is 0 Å². The first-order valence-corrected chi connectivity index (χ1v) is 11.7. The Balaban J connectivity index is 1.19. The number of unbranched alkanes of at least 4 members (excludes halogenated alkanes) is 1. The number of anilines is 1. The lowest BCUT2D eigenvalue weighted by Crippen LogP contribution is -2.47. The van der Waals surface area contributed by atoms with Gasteiger partial charge in [-0.2, -0.15) is 0 Å². The third kappa shape index (κ3) is 4.99. The van der Waals surface area contributed by atoms with Gasteiger partial charge in [0.05, 0.1) is 17.4 Å². The van der Waals surface area contributed by atoms with Crippen LogP contribution >= 0.6 is 11.8 Å². The summed E-state index contributed by atoms with van der Waals surface area (Å²) in [6.45, 7) is 5.95. The van der Waals surface area contributed by atoms with Crippen LogP contribution in [0.15, 0.2) is 30.6 Å². The summed E-state index contributed by atoms with van der Waals surface area (Å²) in [5.41, 5.74) is 7.11. The minimum absolute atomic E-state index is 0.126. The lowest BCUT2D eigenvalue weighted by Gasteiger charge is -2.35. The van der Waals surface area contributed by atoms with Gasteiger partial charge in [-0.15, -0.1) is 11.8 Å². The fraction of sp³-hybridized carbons (Fsp3) is 0.571. The quantitative estimate of drug-likeness (QED) is 0.692. The number of nitrogens with zero attached hydrogens (tertiary/aromatic N) is 5.